The third-order valence-corrected chi connectivity index (χ3v) is 7.38. The number of benzene rings is 2. The lowest BCUT2D eigenvalue weighted by Crippen LogP contribution is -2.42. The summed E-state index contributed by atoms with van der Waals surface area (Å²) < 4.78 is 1.79. The van der Waals surface area contributed by atoms with Gasteiger partial charge in [0, 0.05) is 27.7 Å². The van der Waals surface area contributed by atoms with E-state index in [-0.39, 0.29) is 18.0 Å². The van der Waals surface area contributed by atoms with E-state index in [0.717, 1.165) is 41.8 Å². The minimum Gasteiger partial charge on any atom is -0.338 e. The van der Waals surface area contributed by atoms with Gasteiger partial charge in [-0.15, -0.1) is 6.58 Å². The molecule has 186 valence electrons. The van der Waals surface area contributed by atoms with Crippen LogP contribution < -0.4 is 10.6 Å². The minimum atomic E-state index is -0.230. The lowest BCUT2D eigenvalue weighted by molar-refractivity contribution is 0.220. The van der Waals surface area contributed by atoms with Gasteiger partial charge >= 0.3 is 6.03 Å². The van der Waals surface area contributed by atoms with Crippen LogP contribution in [0.4, 0.5) is 4.79 Å². The Hall–Kier alpha value is -2.47. The van der Waals surface area contributed by atoms with Gasteiger partial charge in [-0.05, 0) is 61.9 Å². The zero-order valence-electron chi connectivity index (χ0n) is 20.3. The van der Waals surface area contributed by atoms with E-state index in [2.05, 4.69) is 31.1 Å². The van der Waals surface area contributed by atoms with Crippen LogP contribution in [0.25, 0.3) is 16.9 Å². The summed E-state index contributed by atoms with van der Waals surface area (Å²) in [4.78, 5) is 12.6. The maximum absolute atomic E-state index is 12.6. The quantitative estimate of drug-likeness (QED) is 0.259. The highest BCUT2D eigenvalue weighted by Crippen LogP contribution is 2.33. The van der Waals surface area contributed by atoms with Gasteiger partial charge in [-0.2, -0.15) is 5.10 Å². The number of carbonyl (C=O) groups excluding carboxylic acids is 1. The molecule has 0 bridgehead atoms. The molecule has 0 saturated carbocycles. The highest BCUT2D eigenvalue weighted by molar-refractivity contribution is 6.35. The van der Waals surface area contributed by atoms with Gasteiger partial charge in [0.1, 0.15) is 0 Å². The molecular weight excluding hydrogens is 503 g/mol. The van der Waals surface area contributed by atoms with Gasteiger partial charge in [-0.1, -0.05) is 66.9 Å². The molecule has 1 aromatic heterocycles. The first-order valence-electron chi connectivity index (χ1n) is 11.7. The average Bonchev–Trinajstić information content (AvgIpc) is 3.16. The summed E-state index contributed by atoms with van der Waals surface area (Å²) in [7, 11) is 0. The largest absolute Gasteiger partial charge is 0.338 e. The molecule has 0 fully saturated rings. The number of aromatic nitrogens is 2. The number of rotatable bonds is 10. The van der Waals surface area contributed by atoms with Crippen LogP contribution in [0.15, 0.2) is 55.1 Å². The second-order valence-corrected chi connectivity index (χ2v) is 9.95. The summed E-state index contributed by atoms with van der Waals surface area (Å²) in [6.45, 7) is 11.0. The van der Waals surface area contributed by atoms with Gasteiger partial charge in [0.05, 0.1) is 28.6 Å². The van der Waals surface area contributed by atoms with Gasteiger partial charge in [-0.3, -0.25) is 0 Å². The molecule has 2 aromatic carbocycles. The predicted octanol–water partition coefficient (Wildman–Crippen LogP) is 7.99. The van der Waals surface area contributed by atoms with E-state index >= 15 is 0 Å². The third kappa shape index (κ3) is 6.40. The fourth-order valence-corrected chi connectivity index (χ4v) is 4.76. The standard InChI is InChI=1S/C27H31Cl3N4O/c1-5-14-27(6-2,7-3)17-32-26(35)31-16-23-18(4)25(19-8-10-20(28)11-9-19)34(33-23)24-13-12-21(29)15-22(24)30/h5,8-13,15H,1,6-7,14,16-17H2,2-4H3,(H2,31,32,35). The molecule has 0 aliphatic rings. The molecule has 0 atom stereocenters. The van der Waals surface area contributed by atoms with Crippen LogP contribution in [0.2, 0.25) is 15.1 Å². The van der Waals surface area contributed by atoms with Crippen LogP contribution >= 0.6 is 34.8 Å². The molecule has 35 heavy (non-hydrogen) atoms. The molecule has 0 aliphatic carbocycles. The zero-order chi connectivity index (χ0) is 25.6. The number of nitrogens with zero attached hydrogens (tertiary/aromatic N) is 2. The maximum atomic E-state index is 12.6. The summed E-state index contributed by atoms with van der Waals surface area (Å²) in [6.07, 6.45) is 4.70. The van der Waals surface area contributed by atoms with Crippen LogP contribution in [-0.4, -0.2) is 22.4 Å². The smallest absolute Gasteiger partial charge is 0.315 e. The molecule has 2 amide bonds. The van der Waals surface area contributed by atoms with Crippen LogP contribution in [0.5, 0.6) is 0 Å². The first-order chi connectivity index (χ1) is 16.7. The molecule has 1 heterocycles. The highest BCUT2D eigenvalue weighted by atomic mass is 35.5. The maximum Gasteiger partial charge on any atom is 0.315 e. The van der Waals surface area contributed by atoms with Crippen molar-refractivity contribution in [3.05, 3.63) is 81.4 Å². The van der Waals surface area contributed by atoms with E-state index in [9.17, 15) is 4.79 Å². The second kappa shape index (κ2) is 12.0. The molecule has 0 radical (unpaired) electrons. The van der Waals surface area contributed by atoms with Crippen LogP contribution in [0, 0.1) is 12.3 Å². The Morgan fingerprint density at radius 3 is 2.31 bits per heavy atom. The van der Waals surface area contributed by atoms with E-state index < -0.39 is 0 Å². The van der Waals surface area contributed by atoms with Crippen molar-refractivity contribution in [1.82, 2.24) is 20.4 Å². The number of allylic oxidation sites excluding steroid dienone is 1. The van der Waals surface area contributed by atoms with E-state index in [1.165, 1.54) is 0 Å². The fraction of sp³-hybridized carbons (Fsp3) is 0.333. The van der Waals surface area contributed by atoms with Crippen molar-refractivity contribution >= 4 is 40.8 Å². The molecule has 2 N–H and O–H groups in total. The number of hydrogen-bond acceptors (Lipinski definition) is 2. The predicted molar refractivity (Wildman–Crippen MR) is 147 cm³/mol. The number of nitrogens with one attached hydrogen (secondary N) is 2. The molecule has 0 unspecified atom stereocenters. The Kier molecular flexibility index (Phi) is 9.28. The van der Waals surface area contributed by atoms with Crippen molar-refractivity contribution in [3.8, 4) is 16.9 Å². The van der Waals surface area contributed by atoms with Crippen molar-refractivity contribution in [3.63, 3.8) is 0 Å². The van der Waals surface area contributed by atoms with Crippen molar-refractivity contribution in [2.24, 2.45) is 5.41 Å². The van der Waals surface area contributed by atoms with E-state index in [1.807, 2.05) is 43.3 Å². The van der Waals surface area contributed by atoms with Crippen molar-refractivity contribution in [1.29, 1.82) is 0 Å². The van der Waals surface area contributed by atoms with Crippen molar-refractivity contribution < 1.29 is 4.79 Å². The molecule has 0 saturated heterocycles. The van der Waals surface area contributed by atoms with E-state index in [0.29, 0.717) is 27.3 Å². The Labute approximate surface area is 222 Å². The number of carbonyl (C=O) groups is 1. The first-order valence-corrected chi connectivity index (χ1v) is 12.8. The molecule has 5 nitrogen and oxygen atoms in total. The average molecular weight is 534 g/mol. The lowest BCUT2D eigenvalue weighted by atomic mass is 9.79. The number of amides is 2. The van der Waals surface area contributed by atoms with E-state index in [1.54, 1.807) is 16.8 Å². The Balaban J connectivity index is 1.87. The normalized spacial score (nSPS) is 11.4. The monoisotopic (exact) mass is 532 g/mol. The minimum absolute atomic E-state index is 0.0175. The van der Waals surface area contributed by atoms with Crippen molar-refractivity contribution in [2.75, 3.05) is 6.54 Å². The van der Waals surface area contributed by atoms with Gasteiger partial charge in [0.2, 0.25) is 0 Å². The number of hydrogen-bond donors (Lipinski definition) is 2. The van der Waals surface area contributed by atoms with Gasteiger partial charge < -0.3 is 10.6 Å². The summed E-state index contributed by atoms with van der Waals surface area (Å²) >= 11 is 18.7. The summed E-state index contributed by atoms with van der Waals surface area (Å²) in [5.41, 5.74) is 4.18. The number of halogens is 3. The highest BCUT2D eigenvalue weighted by Gasteiger charge is 2.25. The molecule has 3 aromatic rings. The number of urea groups is 1. The summed E-state index contributed by atoms with van der Waals surface area (Å²) in [5, 5.41) is 12.5. The van der Waals surface area contributed by atoms with Crippen molar-refractivity contribution in [2.45, 2.75) is 46.6 Å². The zero-order valence-corrected chi connectivity index (χ0v) is 22.6. The second-order valence-electron chi connectivity index (χ2n) is 8.67. The van der Waals surface area contributed by atoms with Crippen LogP contribution in [0.1, 0.15) is 44.4 Å². The molecule has 8 heteroatoms. The van der Waals surface area contributed by atoms with Gasteiger partial charge in [-0.25, -0.2) is 9.48 Å². The van der Waals surface area contributed by atoms with Gasteiger partial charge in [0.15, 0.2) is 0 Å². The summed E-state index contributed by atoms with van der Waals surface area (Å²) in [6, 6.07) is 12.6. The Morgan fingerprint density at radius 1 is 1.06 bits per heavy atom. The van der Waals surface area contributed by atoms with Crippen LogP contribution in [-0.2, 0) is 6.54 Å². The molecular formula is C27H31Cl3N4O. The lowest BCUT2D eigenvalue weighted by Gasteiger charge is -2.30. The molecule has 0 aliphatic heterocycles. The van der Waals surface area contributed by atoms with E-state index in [4.69, 9.17) is 39.9 Å². The summed E-state index contributed by atoms with van der Waals surface area (Å²) in [5.74, 6) is 0. The van der Waals surface area contributed by atoms with Gasteiger partial charge in [0.25, 0.3) is 0 Å². The Bertz CT molecular complexity index is 1180. The fourth-order valence-electron chi connectivity index (χ4n) is 4.14. The molecule has 3 rings (SSSR count). The first kappa shape index (κ1) is 27.1. The molecule has 0 spiro atoms. The Morgan fingerprint density at radius 2 is 1.71 bits per heavy atom. The SMILES string of the molecule is C=CCC(CC)(CC)CNC(=O)NCc1nn(-c2ccc(Cl)cc2Cl)c(-c2ccc(Cl)cc2)c1C. The topological polar surface area (TPSA) is 59.0 Å². The van der Waals surface area contributed by atoms with Crippen LogP contribution in [0.3, 0.4) is 0 Å². The third-order valence-electron chi connectivity index (χ3n) is 6.59.